The van der Waals surface area contributed by atoms with Gasteiger partial charge in [-0.25, -0.2) is 0 Å². The highest BCUT2D eigenvalue weighted by Gasteiger charge is 2.37. The Labute approximate surface area is 356 Å². The number of fused-ring (bicyclic) bond motifs is 8. The number of hydrogen-bond donors (Lipinski definition) is 0. The predicted molar refractivity (Wildman–Crippen MR) is 252 cm³/mol. The molecule has 8 aromatic carbocycles. The highest BCUT2D eigenvalue weighted by molar-refractivity contribution is 6.05. The van der Waals surface area contributed by atoms with E-state index in [2.05, 4.69) is 169 Å². The van der Waals surface area contributed by atoms with Crippen LogP contribution in [0.4, 0.5) is 34.1 Å². The van der Waals surface area contributed by atoms with Crippen LogP contribution < -0.4 is 19.3 Å². The molecule has 4 heteroatoms. The molecule has 0 saturated heterocycles. The molecule has 0 N–H and O–H groups in total. The van der Waals surface area contributed by atoms with Crippen LogP contribution in [-0.2, 0) is 5.41 Å². The molecular formula is C57H42N2O2. The largest absolute Gasteiger partial charge is 0.453 e. The van der Waals surface area contributed by atoms with E-state index in [1.54, 1.807) is 0 Å². The van der Waals surface area contributed by atoms with Crippen LogP contribution in [0.25, 0.3) is 33.5 Å². The maximum absolute atomic E-state index is 6.33. The SMILES string of the molecule is CC1(C)c2cc(/C=C/C3=CC=C(c4ccc(N5c6ccccc6Oc6ccccc65)c5ccccc45)CC3)ccc2-c2ccc(N3c4ccccc4Oc4ccccc43)cc21. The van der Waals surface area contributed by atoms with Gasteiger partial charge >= 0.3 is 0 Å². The molecule has 0 bridgehead atoms. The van der Waals surface area contributed by atoms with Gasteiger partial charge in [0.15, 0.2) is 23.0 Å². The Morgan fingerprint density at radius 2 is 0.967 bits per heavy atom. The molecule has 2 aliphatic heterocycles. The molecule has 2 aliphatic carbocycles. The van der Waals surface area contributed by atoms with Gasteiger partial charge < -0.3 is 19.3 Å². The Morgan fingerprint density at radius 3 is 1.57 bits per heavy atom. The molecule has 4 aliphatic rings. The number of rotatable bonds is 5. The van der Waals surface area contributed by atoms with E-state index in [4.69, 9.17) is 9.47 Å². The van der Waals surface area contributed by atoms with Gasteiger partial charge in [-0.3, -0.25) is 0 Å². The summed E-state index contributed by atoms with van der Waals surface area (Å²) in [6.45, 7) is 4.72. The van der Waals surface area contributed by atoms with Crippen molar-refractivity contribution in [3.63, 3.8) is 0 Å². The maximum Gasteiger partial charge on any atom is 0.151 e. The Bertz CT molecular complexity index is 3110. The van der Waals surface area contributed by atoms with Crippen LogP contribution in [0.3, 0.4) is 0 Å². The van der Waals surface area contributed by atoms with Crippen molar-refractivity contribution in [2.24, 2.45) is 0 Å². The van der Waals surface area contributed by atoms with Crippen molar-refractivity contribution >= 4 is 56.5 Å². The average molecular weight is 787 g/mol. The standard InChI is InChI=1S/C57H42N2O2/c1-57(2)46-35-38(27-31-43(46)44-32-30-40(36-47(44)57)58-49-15-5-9-19-53(49)60-54-20-10-6-16-50(54)58)24-23-37-25-28-39(29-26-37)41-33-34-48(45-14-4-3-13-42(41)45)59-51-17-7-11-21-55(51)61-56-22-12-8-18-52(56)59/h3-25,27-28,30-36H,26,29H2,1-2H3/b24-23+. The Kier molecular flexibility index (Phi) is 7.98. The molecule has 0 radical (unpaired) electrons. The zero-order valence-electron chi connectivity index (χ0n) is 34.1. The normalized spacial score (nSPS) is 15.4. The van der Waals surface area contributed by atoms with Gasteiger partial charge in [-0.15, -0.1) is 0 Å². The molecule has 61 heavy (non-hydrogen) atoms. The summed E-state index contributed by atoms with van der Waals surface area (Å²) < 4.78 is 12.6. The van der Waals surface area contributed by atoms with Crippen molar-refractivity contribution in [2.75, 3.05) is 9.80 Å². The highest BCUT2D eigenvalue weighted by atomic mass is 16.5. The van der Waals surface area contributed by atoms with Gasteiger partial charge in [0.05, 0.1) is 28.4 Å². The molecule has 0 fully saturated rings. The van der Waals surface area contributed by atoms with E-state index < -0.39 is 0 Å². The van der Waals surface area contributed by atoms with E-state index in [-0.39, 0.29) is 5.41 Å². The first-order valence-electron chi connectivity index (χ1n) is 21.2. The highest BCUT2D eigenvalue weighted by Crippen LogP contribution is 2.55. The van der Waals surface area contributed by atoms with Crippen LogP contribution in [0.5, 0.6) is 23.0 Å². The summed E-state index contributed by atoms with van der Waals surface area (Å²) >= 11 is 0. The first-order valence-corrected chi connectivity index (χ1v) is 21.2. The molecule has 0 spiro atoms. The molecular weight excluding hydrogens is 745 g/mol. The van der Waals surface area contributed by atoms with Crippen molar-refractivity contribution in [2.45, 2.75) is 32.1 Å². The van der Waals surface area contributed by atoms with Crippen LogP contribution in [0.2, 0.25) is 0 Å². The van der Waals surface area contributed by atoms with E-state index in [9.17, 15) is 0 Å². The molecule has 4 nitrogen and oxygen atoms in total. The van der Waals surface area contributed by atoms with E-state index >= 15 is 0 Å². The van der Waals surface area contributed by atoms with Crippen molar-refractivity contribution in [3.05, 3.63) is 216 Å². The molecule has 0 aromatic heterocycles. The van der Waals surface area contributed by atoms with Gasteiger partial charge in [0.25, 0.3) is 0 Å². The predicted octanol–water partition coefficient (Wildman–Crippen LogP) is 16.1. The van der Waals surface area contributed by atoms with Gasteiger partial charge in [-0.2, -0.15) is 0 Å². The molecule has 0 amide bonds. The molecule has 12 rings (SSSR count). The second kappa shape index (κ2) is 13.8. The summed E-state index contributed by atoms with van der Waals surface area (Å²) in [5.41, 5.74) is 16.9. The van der Waals surface area contributed by atoms with Crippen molar-refractivity contribution in [1.29, 1.82) is 0 Å². The molecule has 292 valence electrons. The van der Waals surface area contributed by atoms with Gasteiger partial charge in [-0.1, -0.05) is 141 Å². The second-order valence-electron chi connectivity index (χ2n) is 16.9. The molecule has 2 heterocycles. The van der Waals surface area contributed by atoms with Crippen LogP contribution in [-0.4, -0.2) is 0 Å². The van der Waals surface area contributed by atoms with Crippen LogP contribution in [0.1, 0.15) is 48.9 Å². The number of nitrogens with zero attached hydrogens (tertiary/aromatic N) is 2. The van der Waals surface area contributed by atoms with Gasteiger partial charge in [0.1, 0.15) is 0 Å². The first kappa shape index (κ1) is 35.4. The topological polar surface area (TPSA) is 24.9 Å². The lowest BCUT2D eigenvalue weighted by Crippen LogP contribution is -2.18. The molecule has 0 unspecified atom stereocenters. The number of para-hydroxylation sites is 8. The maximum atomic E-state index is 6.33. The third kappa shape index (κ3) is 5.67. The van der Waals surface area contributed by atoms with E-state index in [0.717, 1.165) is 70.0 Å². The summed E-state index contributed by atoms with van der Waals surface area (Å²) in [4.78, 5) is 4.68. The van der Waals surface area contributed by atoms with Crippen molar-refractivity contribution in [1.82, 2.24) is 0 Å². The van der Waals surface area contributed by atoms with E-state index in [1.807, 2.05) is 48.5 Å². The van der Waals surface area contributed by atoms with E-state index in [0.29, 0.717) is 0 Å². The fourth-order valence-electron chi connectivity index (χ4n) is 9.91. The fraction of sp³-hybridized carbons (Fsp3) is 0.0877. The Balaban J connectivity index is 0.829. The van der Waals surface area contributed by atoms with Crippen LogP contribution in [0, 0.1) is 0 Å². The van der Waals surface area contributed by atoms with Crippen molar-refractivity contribution in [3.8, 4) is 34.1 Å². The number of benzene rings is 8. The summed E-state index contributed by atoms with van der Waals surface area (Å²) in [5, 5.41) is 2.48. The first-order chi connectivity index (χ1) is 30.0. The van der Waals surface area contributed by atoms with Crippen LogP contribution >= 0.6 is 0 Å². The third-order valence-electron chi connectivity index (χ3n) is 13.0. The number of anilines is 6. The minimum absolute atomic E-state index is 0.162. The van der Waals surface area contributed by atoms with E-state index in [1.165, 1.54) is 55.3 Å². The smallest absolute Gasteiger partial charge is 0.151 e. The number of hydrogen-bond acceptors (Lipinski definition) is 4. The van der Waals surface area contributed by atoms with Gasteiger partial charge in [-0.05, 0) is 129 Å². The molecule has 0 atom stereocenters. The second-order valence-corrected chi connectivity index (χ2v) is 16.9. The summed E-state index contributed by atoms with van der Waals surface area (Å²) in [6, 6.07) is 60.5. The zero-order valence-corrected chi connectivity index (χ0v) is 34.1. The van der Waals surface area contributed by atoms with Crippen LogP contribution in [0.15, 0.2) is 194 Å². The van der Waals surface area contributed by atoms with Gasteiger partial charge in [0.2, 0.25) is 0 Å². The lowest BCUT2D eigenvalue weighted by atomic mass is 9.81. The quantitative estimate of drug-likeness (QED) is 0.173. The van der Waals surface area contributed by atoms with Gasteiger partial charge in [0, 0.05) is 16.5 Å². The summed E-state index contributed by atoms with van der Waals surface area (Å²) in [5.74, 6) is 3.46. The third-order valence-corrected chi connectivity index (χ3v) is 13.0. The lowest BCUT2D eigenvalue weighted by molar-refractivity contribution is 0.477. The fourth-order valence-corrected chi connectivity index (χ4v) is 9.91. The number of ether oxygens (including phenoxy) is 2. The zero-order chi connectivity index (χ0) is 40.7. The minimum Gasteiger partial charge on any atom is -0.453 e. The monoisotopic (exact) mass is 786 g/mol. The minimum atomic E-state index is -0.162. The molecule has 0 saturated carbocycles. The van der Waals surface area contributed by atoms with Crippen molar-refractivity contribution < 1.29 is 9.47 Å². The Morgan fingerprint density at radius 1 is 0.443 bits per heavy atom. The average Bonchev–Trinajstić information content (AvgIpc) is 3.53. The summed E-state index contributed by atoms with van der Waals surface area (Å²) in [7, 11) is 0. The Hall–Kier alpha value is -7.56. The lowest BCUT2D eigenvalue weighted by Gasteiger charge is -2.33. The number of allylic oxidation sites excluding steroid dienone is 5. The molecule has 8 aromatic rings. The summed E-state index contributed by atoms with van der Waals surface area (Å²) in [6.07, 6.45) is 11.2.